The summed E-state index contributed by atoms with van der Waals surface area (Å²) in [5, 5.41) is 3.57. The van der Waals surface area contributed by atoms with E-state index in [2.05, 4.69) is 55.2 Å². The van der Waals surface area contributed by atoms with E-state index in [1.807, 2.05) is 0 Å². The average Bonchev–Trinajstić information content (AvgIpc) is 3.19. The van der Waals surface area contributed by atoms with E-state index in [1.165, 1.54) is 24.8 Å². The van der Waals surface area contributed by atoms with Crippen LogP contribution in [0, 0.1) is 12.8 Å². The van der Waals surface area contributed by atoms with Crippen molar-refractivity contribution in [3.63, 3.8) is 0 Å². The third-order valence-electron chi connectivity index (χ3n) is 3.85. The molecule has 1 saturated carbocycles. The number of aryl methyl sites for hydroxylation is 1. The Morgan fingerprint density at radius 3 is 2.79 bits per heavy atom. The van der Waals surface area contributed by atoms with Crippen molar-refractivity contribution in [3.8, 4) is 0 Å². The van der Waals surface area contributed by atoms with E-state index in [0.717, 1.165) is 30.6 Å². The molecule has 1 aromatic heterocycles. The molecule has 1 atom stereocenters. The monoisotopic (exact) mass is 261 g/mol. The Morgan fingerprint density at radius 2 is 2.16 bits per heavy atom. The van der Waals surface area contributed by atoms with E-state index < -0.39 is 0 Å². The Morgan fingerprint density at radius 1 is 1.42 bits per heavy atom. The van der Waals surface area contributed by atoms with E-state index in [4.69, 9.17) is 0 Å². The first kappa shape index (κ1) is 14.3. The molecule has 1 N–H and O–H groups in total. The molecule has 1 heterocycles. The maximum Gasteiger partial charge on any atom is 0.128 e. The fraction of sp³-hybridized carbons (Fsp3) is 0.688. The van der Waals surface area contributed by atoms with Gasteiger partial charge >= 0.3 is 0 Å². The lowest BCUT2D eigenvalue weighted by Crippen LogP contribution is -2.25. The summed E-state index contributed by atoms with van der Waals surface area (Å²) in [6, 6.07) is 5.18. The molecule has 1 aliphatic carbocycles. The lowest BCUT2D eigenvalue weighted by atomic mass is 10.1. The Kier molecular flexibility index (Phi) is 4.81. The molecular weight excluding hydrogens is 234 g/mol. The van der Waals surface area contributed by atoms with Gasteiger partial charge in [-0.25, -0.2) is 4.98 Å². The Hall–Kier alpha value is -1.09. The predicted octanol–water partition coefficient (Wildman–Crippen LogP) is 3.12. The molecule has 106 valence electrons. The maximum absolute atomic E-state index is 4.66. The van der Waals surface area contributed by atoms with Gasteiger partial charge in [-0.05, 0) is 43.4 Å². The van der Waals surface area contributed by atoms with Crippen LogP contribution in [0.5, 0.6) is 0 Å². The largest absolute Gasteiger partial charge is 0.359 e. The van der Waals surface area contributed by atoms with E-state index in [-0.39, 0.29) is 0 Å². The van der Waals surface area contributed by atoms with Gasteiger partial charge < -0.3 is 10.2 Å². The minimum absolute atomic E-state index is 0.709. The molecule has 3 heteroatoms. The number of rotatable bonds is 7. The SMILES string of the molecule is CCC(C)CN(C)c1cc(CNC2CC2)cc(C)n1. The normalized spacial score (nSPS) is 16.4. The van der Waals surface area contributed by atoms with Crippen LogP contribution < -0.4 is 10.2 Å². The van der Waals surface area contributed by atoms with E-state index in [9.17, 15) is 0 Å². The van der Waals surface area contributed by atoms with E-state index in [1.54, 1.807) is 0 Å². The van der Waals surface area contributed by atoms with Crippen molar-refractivity contribution >= 4 is 5.82 Å². The summed E-state index contributed by atoms with van der Waals surface area (Å²) in [6.45, 7) is 8.66. The summed E-state index contributed by atoms with van der Waals surface area (Å²) in [7, 11) is 2.14. The quantitative estimate of drug-likeness (QED) is 0.817. The second-order valence-electron chi connectivity index (χ2n) is 6.02. The average molecular weight is 261 g/mol. The van der Waals surface area contributed by atoms with Crippen molar-refractivity contribution < 1.29 is 0 Å². The molecule has 0 saturated heterocycles. The smallest absolute Gasteiger partial charge is 0.128 e. The van der Waals surface area contributed by atoms with E-state index >= 15 is 0 Å². The van der Waals surface area contributed by atoms with Crippen molar-refractivity contribution in [2.24, 2.45) is 5.92 Å². The fourth-order valence-electron chi connectivity index (χ4n) is 2.26. The molecule has 3 nitrogen and oxygen atoms in total. The third kappa shape index (κ3) is 4.50. The van der Waals surface area contributed by atoms with Gasteiger partial charge in [-0.1, -0.05) is 20.3 Å². The minimum Gasteiger partial charge on any atom is -0.359 e. The second-order valence-corrected chi connectivity index (χ2v) is 6.02. The van der Waals surface area contributed by atoms with Gasteiger partial charge in [0.15, 0.2) is 0 Å². The van der Waals surface area contributed by atoms with Crippen LogP contribution in [0.4, 0.5) is 5.82 Å². The Bertz CT molecular complexity index is 412. The molecule has 0 spiro atoms. The molecule has 1 fully saturated rings. The second kappa shape index (κ2) is 6.38. The maximum atomic E-state index is 4.66. The zero-order chi connectivity index (χ0) is 13.8. The summed E-state index contributed by atoms with van der Waals surface area (Å²) < 4.78 is 0. The summed E-state index contributed by atoms with van der Waals surface area (Å²) >= 11 is 0. The molecule has 1 aliphatic rings. The predicted molar refractivity (Wildman–Crippen MR) is 81.6 cm³/mol. The summed E-state index contributed by atoms with van der Waals surface area (Å²) in [6.07, 6.45) is 3.89. The lowest BCUT2D eigenvalue weighted by Gasteiger charge is -2.22. The highest BCUT2D eigenvalue weighted by Gasteiger charge is 2.20. The van der Waals surface area contributed by atoms with Gasteiger partial charge in [-0.15, -0.1) is 0 Å². The number of hydrogen-bond acceptors (Lipinski definition) is 3. The van der Waals surface area contributed by atoms with Crippen LogP contribution in [0.2, 0.25) is 0 Å². The molecular formula is C16H27N3. The van der Waals surface area contributed by atoms with Crippen LogP contribution >= 0.6 is 0 Å². The van der Waals surface area contributed by atoms with Gasteiger partial charge in [-0.3, -0.25) is 0 Å². The van der Waals surface area contributed by atoms with Crippen molar-refractivity contribution in [2.45, 2.75) is 52.6 Å². The number of nitrogens with one attached hydrogen (secondary N) is 1. The molecule has 0 amide bonds. The summed E-state index contributed by atoms with van der Waals surface area (Å²) in [5.74, 6) is 1.81. The standard InChI is InChI=1S/C16H27N3/c1-5-12(2)11-19(4)16-9-14(8-13(3)18-16)10-17-15-6-7-15/h8-9,12,15,17H,5-7,10-11H2,1-4H3. The molecule has 0 bridgehead atoms. The number of nitrogens with zero attached hydrogens (tertiary/aromatic N) is 2. The molecule has 0 aliphatic heterocycles. The van der Waals surface area contributed by atoms with Gasteiger partial charge in [0.05, 0.1) is 0 Å². The van der Waals surface area contributed by atoms with Crippen molar-refractivity contribution in [1.82, 2.24) is 10.3 Å². The zero-order valence-electron chi connectivity index (χ0n) is 12.7. The highest BCUT2D eigenvalue weighted by Crippen LogP contribution is 2.20. The van der Waals surface area contributed by atoms with Crippen LogP contribution in [0.1, 0.15) is 44.4 Å². The number of aromatic nitrogens is 1. The molecule has 19 heavy (non-hydrogen) atoms. The first-order valence-electron chi connectivity index (χ1n) is 7.50. The van der Waals surface area contributed by atoms with Crippen LogP contribution in [0.25, 0.3) is 0 Å². The zero-order valence-corrected chi connectivity index (χ0v) is 12.7. The lowest BCUT2D eigenvalue weighted by molar-refractivity contribution is 0.557. The van der Waals surface area contributed by atoms with Gasteiger partial charge in [-0.2, -0.15) is 0 Å². The Labute approximate surface area is 117 Å². The molecule has 0 radical (unpaired) electrons. The molecule has 2 rings (SSSR count). The van der Waals surface area contributed by atoms with Gasteiger partial charge in [0, 0.05) is 31.9 Å². The van der Waals surface area contributed by atoms with Crippen LogP contribution in [0.3, 0.4) is 0 Å². The fourth-order valence-corrected chi connectivity index (χ4v) is 2.26. The Balaban J connectivity index is 2.01. The highest BCUT2D eigenvalue weighted by molar-refractivity contribution is 5.42. The van der Waals surface area contributed by atoms with Crippen LogP contribution in [-0.4, -0.2) is 24.6 Å². The van der Waals surface area contributed by atoms with Crippen molar-refractivity contribution in [1.29, 1.82) is 0 Å². The van der Waals surface area contributed by atoms with Crippen molar-refractivity contribution in [2.75, 3.05) is 18.5 Å². The topological polar surface area (TPSA) is 28.2 Å². The minimum atomic E-state index is 0.709. The third-order valence-corrected chi connectivity index (χ3v) is 3.85. The van der Waals surface area contributed by atoms with Crippen molar-refractivity contribution in [3.05, 3.63) is 23.4 Å². The first-order valence-corrected chi connectivity index (χ1v) is 7.50. The molecule has 1 unspecified atom stereocenters. The van der Waals surface area contributed by atoms with Gasteiger partial charge in [0.25, 0.3) is 0 Å². The first-order chi connectivity index (χ1) is 9.08. The molecule has 1 aromatic rings. The number of hydrogen-bond donors (Lipinski definition) is 1. The number of pyridine rings is 1. The highest BCUT2D eigenvalue weighted by atomic mass is 15.2. The summed E-state index contributed by atoms with van der Waals surface area (Å²) in [4.78, 5) is 6.94. The van der Waals surface area contributed by atoms with Gasteiger partial charge in [0.1, 0.15) is 5.82 Å². The molecule has 0 aromatic carbocycles. The van der Waals surface area contributed by atoms with Crippen LogP contribution in [-0.2, 0) is 6.54 Å². The number of anilines is 1. The van der Waals surface area contributed by atoms with E-state index in [0.29, 0.717) is 5.92 Å². The summed E-state index contributed by atoms with van der Waals surface area (Å²) in [5.41, 5.74) is 2.46. The van der Waals surface area contributed by atoms with Gasteiger partial charge in [0.2, 0.25) is 0 Å². The van der Waals surface area contributed by atoms with Crippen LogP contribution in [0.15, 0.2) is 12.1 Å².